The number of hydrogen-bond donors (Lipinski definition) is 3. The summed E-state index contributed by atoms with van der Waals surface area (Å²) in [5, 5.41) is 8.39. The summed E-state index contributed by atoms with van der Waals surface area (Å²) in [6, 6.07) is -0.0193. The van der Waals surface area contributed by atoms with Crippen molar-refractivity contribution in [1.82, 2.24) is 20.9 Å². The lowest BCUT2D eigenvalue weighted by atomic mass is 10.2. The van der Waals surface area contributed by atoms with Crippen LogP contribution in [0.15, 0.2) is 0 Å². The third kappa shape index (κ3) is 3.79. The first kappa shape index (κ1) is 12.9. The smallest absolute Gasteiger partial charge is 0.239 e. The van der Waals surface area contributed by atoms with Crippen LogP contribution in [0.1, 0.15) is 6.92 Å². The normalized spacial score (nSPS) is 22.8. The Balaban J connectivity index is 2.27. The number of nitrogens with one attached hydrogen (secondary N) is 3. The number of rotatable bonds is 4. The summed E-state index contributed by atoms with van der Waals surface area (Å²) in [6.07, 6.45) is 0. The summed E-state index contributed by atoms with van der Waals surface area (Å²) in [7, 11) is 3.94. The minimum Gasteiger partial charge on any atom is -0.353 e. The molecular formula is C10H20N4O2. The van der Waals surface area contributed by atoms with Crippen molar-refractivity contribution in [2.24, 2.45) is 0 Å². The molecule has 1 heterocycles. The quantitative estimate of drug-likeness (QED) is 0.528. The molecule has 2 atom stereocenters. The van der Waals surface area contributed by atoms with Crippen LogP contribution in [0.5, 0.6) is 0 Å². The maximum absolute atomic E-state index is 11.7. The van der Waals surface area contributed by atoms with Crippen LogP contribution in [0, 0.1) is 0 Å². The van der Waals surface area contributed by atoms with Crippen molar-refractivity contribution in [3.05, 3.63) is 0 Å². The molecule has 1 rings (SSSR count). The summed E-state index contributed by atoms with van der Waals surface area (Å²) in [4.78, 5) is 24.6. The van der Waals surface area contributed by atoms with Crippen molar-refractivity contribution >= 4 is 11.8 Å². The minimum atomic E-state index is -0.313. The van der Waals surface area contributed by atoms with Crippen LogP contribution in [0.4, 0.5) is 0 Å². The average molecular weight is 228 g/mol. The van der Waals surface area contributed by atoms with E-state index < -0.39 is 0 Å². The van der Waals surface area contributed by atoms with Crippen molar-refractivity contribution < 1.29 is 9.59 Å². The van der Waals surface area contributed by atoms with E-state index in [0.717, 1.165) is 0 Å². The molecule has 0 aromatic heterocycles. The molecule has 92 valence electrons. The van der Waals surface area contributed by atoms with Crippen molar-refractivity contribution in [1.29, 1.82) is 0 Å². The van der Waals surface area contributed by atoms with Gasteiger partial charge in [0.05, 0.1) is 6.54 Å². The highest BCUT2D eigenvalue weighted by atomic mass is 16.2. The van der Waals surface area contributed by atoms with Gasteiger partial charge in [0.1, 0.15) is 6.04 Å². The van der Waals surface area contributed by atoms with Gasteiger partial charge in [-0.25, -0.2) is 0 Å². The zero-order valence-electron chi connectivity index (χ0n) is 10.0. The lowest BCUT2D eigenvalue weighted by Gasteiger charge is -2.25. The Labute approximate surface area is 95.8 Å². The second-order valence-electron chi connectivity index (χ2n) is 4.30. The topological polar surface area (TPSA) is 73.5 Å². The van der Waals surface area contributed by atoms with Crippen LogP contribution in [0.3, 0.4) is 0 Å². The fourth-order valence-electron chi connectivity index (χ4n) is 1.31. The largest absolute Gasteiger partial charge is 0.353 e. The Morgan fingerprint density at radius 1 is 1.62 bits per heavy atom. The van der Waals surface area contributed by atoms with Crippen LogP contribution in [0.2, 0.25) is 0 Å². The molecule has 0 aromatic carbocycles. The van der Waals surface area contributed by atoms with E-state index >= 15 is 0 Å². The maximum Gasteiger partial charge on any atom is 0.239 e. The van der Waals surface area contributed by atoms with Gasteiger partial charge < -0.3 is 15.5 Å². The van der Waals surface area contributed by atoms with E-state index in [1.165, 1.54) is 0 Å². The Morgan fingerprint density at radius 2 is 2.31 bits per heavy atom. The highest BCUT2D eigenvalue weighted by Crippen LogP contribution is 1.91. The lowest BCUT2D eigenvalue weighted by molar-refractivity contribution is -0.126. The van der Waals surface area contributed by atoms with E-state index in [-0.39, 0.29) is 24.4 Å². The molecule has 0 aliphatic carbocycles. The first-order valence-corrected chi connectivity index (χ1v) is 5.45. The lowest BCUT2D eigenvalue weighted by Crippen LogP contribution is -2.58. The Bertz CT molecular complexity index is 258. The van der Waals surface area contributed by atoms with Gasteiger partial charge in [0.15, 0.2) is 0 Å². The highest BCUT2D eigenvalue weighted by molar-refractivity contribution is 5.86. The van der Waals surface area contributed by atoms with Gasteiger partial charge >= 0.3 is 0 Å². The predicted molar refractivity (Wildman–Crippen MR) is 61.0 cm³/mol. The fourth-order valence-corrected chi connectivity index (χ4v) is 1.31. The molecule has 16 heavy (non-hydrogen) atoms. The molecule has 6 nitrogen and oxygen atoms in total. The molecule has 6 heteroatoms. The number of carbonyl (C=O) groups is 2. The number of likely N-dealkylation sites (N-methyl/N-ethyl adjacent to an activating group) is 1. The van der Waals surface area contributed by atoms with E-state index in [1.807, 2.05) is 25.9 Å². The van der Waals surface area contributed by atoms with Crippen molar-refractivity contribution in [2.45, 2.75) is 19.0 Å². The monoisotopic (exact) mass is 228 g/mol. The van der Waals surface area contributed by atoms with Gasteiger partial charge in [0.25, 0.3) is 0 Å². The van der Waals surface area contributed by atoms with Gasteiger partial charge in [0.2, 0.25) is 11.8 Å². The second kappa shape index (κ2) is 5.81. The molecule has 0 saturated carbocycles. The first-order chi connectivity index (χ1) is 7.50. The third-order valence-corrected chi connectivity index (χ3v) is 2.78. The zero-order chi connectivity index (χ0) is 12.1. The summed E-state index contributed by atoms with van der Waals surface area (Å²) < 4.78 is 0. The van der Waals surface area contributed by atoms with Crippen LogP contribution in [-0.2, 0) is 9.59 Å². The zero-order valence-corrected chi connectivity index (χ0v) is 10.0. The van der Waals surface area contributed by atoms with Gasteiger partial charge in [0, 0.05) is 19.1 Å². The molecular weight excluding hydrogens is 208 g/mol. The Kier molecular flexibility index (Phi) is 4.70. The predicted octanol–water partition coefficient (Wildman–Crippen LogP) is -1.86. The molecule has 1 aliphatic heterocycles. The number of amides is 2. The van der Waals surface area contributed by atoms with Crippen LogP contribution in [0.25, 0.3) is 0 Å². The SMILES string of the molecule is CC(CNC(=O)C1CNC(=O)CN1)N(C)C. The molecule has 1 aliphatic rings. The number of nitrogens with zero attached hydrogens (tertiary/aromatic N) is 1. The Morgan fingerprint density at radius 3 is 2.81 bits per heavy atom. The maximum atomic E-state index is 11.7. The van der Waals surface area contributed by atoms with Crippen LogP contribution >= 0.6 is 0 Å². The molecule has 3 N–H and O–H groups in total. The van der Waals surface area contributed by atoms with Crippen molar-refractivity contribution in [2.75, 3.05) is 33.7 Å². The van der Waals surface area contributed by atoms with Gasteiger partial charge in [-0.05, 0) is 21.0 Å². The van der Waals surface area contributed by atoms with Crippen LogP contribution in [-0.4, -0.2) is 62.5 Å². The second-order valence-corrected chi connectivity index (χ2v) is 4.30. The molecule has 1 fully saturated rings. The van der Waals surface area contributed by atoms with Crippen molar-refractivity contribution in [3.63, 3.8) is 0 Å². The van der Waals surface area contributed by atoms with Crippen molar-refractivity contribution in [3.8, 4) is 0 Å². The van der Waals surface area contributed by atoms with Gasteiger partial charge in [-0.15, -0.1) is 0 Å². The average Bonchev–Trinajstić information content (AvgIpc) is 2.26. The van der Waals surface area contributed by atoms with E-state index in [1.54, 1.807) is 0 Å². The van der Waals surface area contributed by atoms with E-state index in [2.05, 4.69) is 16.0 Å². The standard InChI is InChI=1S/C10H20N4O2/c1-7(14(2)3)4-13-10(16)8-5-12-9(15)6-11-8/h7-8,11H,4-6H2,1-3H3,(H,12,15)(H,13,16). The molecule has 2 amide bonds. The van der Waals surface area contributed by atoms with Gasteiger partial charge in [-0.1, -0.05) is 0 Å². The number of hydrogen-bond acceptors (Lipinski definition) is 4. The summed E-state index contributed by atoms with van der Waals surface area (Å²) in [5.41, 5.74) is 0. The first-order valence-electron chi connectivity index (χ1n) is 5.45. The summed E-state index contributed by atoms with van der Waals surface area (Å²) in [6.45, 7) is 3.22. The molecule has 1 saturated heterocycles. The Hall–Kier alpha value is -1.14. The van der Waals surface area contributed by atoms with Gasteiger partial charge in [-0.3, -0.25) is 14.9 Å². The van der Waals surface area contributed by atoms with E-state index in [0.29, 0.717) is 19.1 Å². The van der Waals surface area contributed by atoms with Crippen LogP contribution < -0.4 is 16.0 Å². The fraction of sp³-hybridized carbons (Fsp3) is 0.800. The molecule has 0 radical (unpaired) electrons. The highest BCUT2D eigenvalue weighted by Gasteiger charge is 2.23. The summed E-state index contributed by atoms with van der Waals surface area (Å²) in [5.74, 6) is -0.126. The van der Waals surface area contributed by atoms with E-state index in [4.69, 9.17) is 0 Å². The molecule has 0 bridgehead atoms. The number of piperazine rings is 1. The molecule has 0 aromatic rings. The minimum absolute atomic E-state index is 0.0614. The third-order valence-electron chi connectivity index (χ3n) is 2.78. The molecule has 2 unspecified atom stereocenters. The number of carbonyl (C=O) groups excluding carboxylic acids is 2. The van der Waals surface area contributed by atoms with E-state index in [9.17, 15) is 9.59 Å². The summed E-state index contributed by atoms with van der Waals surface area (Å²) >= 11 is 0. The molecule has 0 spiro atoms. The van der Waals surface area contributed by atoms with Gasteiger partial charge in [-0.2, -0.15) is 0 Å².